The summed E-state index contributed by atoms with van der Waals surface area (Å²) in [4.78, 5) is 30.0. The van der Waals surface area contributed by atoms with Gasteiger partial charge in [-0.2, -0.15) is 13.2 Å². The summed E-state index contributed by atoms with van der Waals surface area (Å²) >= 11 is 0. The Balaban J connectivity index is 0.00000145. The van der Waals surface area contributed by atoms with Gasteiger partial charge in [-0.05, 0) is 84.0 Å². The Bertz CT molecular complexity index is 1090. The highest BCUT2D eigenvalue weighted by Crippen LogP contribution is 2.37. The van der Waals surface area contributed by atoms with Crippen molar-refractivity contribution in [1.82, 2.24) is 15.6 Å². The molecule has 3 N–H and O–H groups in total. The molecule has 3 rings (SSSR count). The number of hydrogen-bond acceptors (Lipinski definition) is 4. The summed E-state index contributed by atoms with van der Waals surface area (Å²) in [5, 5.41) is 5.40. The number of nitrogens with one attached hydrogen (secondary N) is 3. The summed E-state index contributed by atoms with van der Waals surface area (Å²) in [6, 6.07) is 4.03. The van der Waals surface area contributed by atoms with Gasteiger partial charge in [0.05, 0.1) is 5.56 Å². The van der Waals surface area contributed by atoms with E-state index in [2.05, 4.69) is 15.6 Å². The largest absolute Gasteiger partial charge is 0.416 e. The molecule has 1 saturated carbocycles. The molecule has 1 amide bonds. The number of H-pyrrole nitrogens is 1. The zero-order valence-electron chi connectivity index (χ0n) is 22.2. The van der Waals surface area contributed by atoms with Crippen LogP contribution in [0.5, 0.6) is 0 Å². The minimum atomic E-state index is -4.58. The first-order chi connectivity index (χ1) is 16.9. The van der Waals surface area contributed by atoms with Gasteiger partial charge < -0.3 is 20.5 Å². The van der Waals surface area contributed by atoms with Crippen molar-refractivity contribution in [2.24, 2.45) is 0 Å². The third-order valence-corrected chi connectivity index (χ3v) is 6.54. The van der Waals surface area contributed by atoms with E-state index in [1.807, 2.05) is 25.9 Å². The second kappa shape index (κ2) is 12.9. The number of halogens is 3. The molecule has 1 heterocycles. The van der Waals surface area contributed by atoms with Crippen molar-refractivity contribution in [1.29, 1.82) is 0 Å². The molecule has 6 nitrogen and oxygen atoms in total. The monoisotopic (exact) mass is 508 g/mol. The van der Waals surface area contributed by atoms with Crippen LogP contribution in [-0.2, 0) is 12.7 Å². The lowest BCUT2D eigenvalue weighted by molar-refractivity contribution is -0.137. The number of aromatic nitrogens is 1. The van der Waals surface area contributed by atoms with Crippen LogP contribution < -0.4 is 21.1 Å². The molecule has 0 atom stereocenters. The normalized spacial score (nSPS) is 14.1. The van der Waals surface area contributed by atoms with Crippen LogP contribution in [0.4, 0.5) is 18.9 Å². The molecule has 1 aliphatic carbocycles. The van der Waals surface area contributed by atoms with Gasteiger partial charge in [-0.15, -0.1) is 0 Å². The summed E-state index contributed by atoms with van der Waals surface area (Å²) < 4.78 is 41.3. The molecule has 0 spiro atoms. The van der Waals surface area contributed by atoms with Gasteiger partial charge in [-0.3, -0.25) is 9.59 Å². The summed E-state index contributed by atoms with van der Waals surface area (Å²) in [5.41, 5.74) is 1.60. The molecule has 0 radical (unpaired) electrons. The zero-order valence-corrected chi connectivity index (χ0v) is 22.2. The highest BCUT2D eigenvalue weighted by molar-refractivity contribution is 5.97. The lowest BCUT2D eigenvalue weighted by atomic mass is 9.92. The van der Waals surface area contributed by atoms with Gasteiger partial charge in [-0.1, -0.05) is 19.3 Å². The number of nitrogens with zero attached hydrogens (tertiary/aromatic N) is 1. The Kier molecular flexibility index (Phi) is 10.6. The van der Waals surface area contributed by atoms with E-state index >= 15 is 0 Å². The number of benzene rings is 1. The third kappa shape index (κ3) is 7.35. The van der Waals surface area contributed by atoms with Crippen LogP contribution in [0, 0.1) is 20.8 Å². The van der Waals surface area contributed by atoms with E-state index in [9.17, 15) is 22.8 Å². The summed E-state index contributed by atoms with van der Waals surface area (Å²) in [6.45, 7) is 7.65. The Labute approximate surface area is 211 Å². The minimum absolute atomic E-state index is 0.0183. The number of carbonyl (C=O) groups is 1. The average molecular weight is 509 g/mol. The summed E-state index contributed by atoms with van der Waals surface area (Å²) in [5.74, 6) is -0.626. The molecule has 1 aromatic heterocycles. The van der Waals surface area contributed by atoms with E-state index in [-0.39, 0.29) is 23.7 Å². The number of aromatic amines is 1. The number of anilines is 1. The number of amides is 1. The van der Waals surface area contributed by atoms with Crippen LogP contribution in [0.3, 0.4) is 0 Å². The maximum Gasteiger partial charge on any atom is 0.416 e. The fraction of sp³-hybridized carbons (Fsp3) is 0.556. The maximum atomic E-state index is 13.8. The van der Waals surface area contributed by atoms with Crippen LogP contribution >= 0.6 is 0 Å². The summed E-state index contributed by atoms with van der Waals surface area (Å²) in [7, 11) is 3.75. The van der Waals surface area contributed by atoms with Crippen molar-refractivity contribution < 1.29 is 18.0 Å². The van der Waals surface area contributed by atoms with Crippen LogP contribution in [0.15, 0.2) is 23.0 Å². The topological polar surface area (TPSA) is 77.2 Å². The molecule has 2 aromatic rings. The summed E-state index contributed by atoms with van der Waals surface area (Å²) in [6.07, 6.45) is 0.532. The number of pyridine rings is 1. The molecule has 0 saturated heterocycles. The smallest absolute Gasteiger partial charge is 0.369 e. The Morgan fingerprint density at radius 2 is 1.69 bits per heavy atom. The first kappa shape index (κ1) is 29.4. The average Bonchev–Trinajstić information content (AvgIpc) is 2.80. The van der Waals surface area contributed by atoms with Gasteiger partial charge >= 0.3 is 6.18 Å². The molecule has 0 unspecified atom stereocenters. The Hall–Kier alpha value is -2.81. The number of hydrogen-bond donors (Lipinski definition) is 3. The van der Waals surface area contributed by atoms with Crippen molar-refractivity contribution in [3.05, 3.63) is 62.1 Å². The molecule has 1 aliphatic rings. The van der Waals surface area contributed by atoms with E-state index in [1.165, 1.54) is 6.07 Å². The molecule has 0 aliphatic heterocycles. The van der Waals surface area contributed by atoms with E-state index in [1.54, 1.807) is 26.8 Å². The molecule has 200 valence electrons. The third-order valence-electron chi connectivity index (χ3n) is 6.54. The minimum Gasteiger partial charge on any atom is -0.369 e. The quantitative estimate of drug-likeness (QED) is 0.499. The van der Waals surface area contributed by atoms with Crippen molar-refractivity contribution in [3.63, 3.8) is 0 Å². The number of rotatable bonds is 6. The Morgan fingerprint density at radius 1 is 1.08 bits per heavy atom. The van der Waals surface area contributed by atoms with E-state index in [4.69, 9.17) is 0 Å². The zero-order chi connectivity index (χ0) is 27.0. The molecular weight excluding hydrogens is 469 g/mol. The van der Waals surface area contributed by atoms with Crippen LogP contribution in [-0.4, -0.2) is 37.6 Å². The van der Waals surface area contributed by atoms with E-state index in [0.29, 0.717) is 34.6 Å². The molecule has 0 bridgehead atoms. The van der Waals surface area contributed by atoms with Crippen LogP contribution in [0.2, 0.25) is 0 Å². The molecule has 36 heavy (non-hydrogen) atoms. The van der Waals surface area contributed by atoms with Gasteiger partial charge in [-0.25, -0.2) is 0 Å². The molecule has 1 aromatic carbocycles. The first-order valence-electron chi connectivity index (χ1n) is 12.5. The van der Waals surface area contributed by atoms with Gasteiger partial charge in [0, 0.05) is 41.6 Å². The fourth-order valence-electron chi connectivity index (χ4n) is 4.78. The van der Waals surface area contributed by atoms with Crippen molar-refractivity contribution in [2.75, 3.05) is 25.5 Å². The second-order valence-corrected chi connectivity index (χ2v) is 9.37. The first-order valence-corrected chi connectivity index (χ1v) is 12.5. The number of aryl methyl sites for hydroxylation is 2. The highest BCUT2D eigenvalue weighted by Gasteiger charge is 2.34. The molecular formula is C27H39F3N4O2. The predicted molar refractivity (Wildman–Crippen MR) is 139 cm³/mol. The standard InChI is InChI=1S/C25H32F3N3O2.C2H7N/c1-5-31(19-9-7-6-8-10-19)22-13-18(25(26,27)28)12-20(17(22)4)23(32)29-14-21-15(2)11-16(3)30-24(21)33;1-3-2/h11-13,19H,5-10,14H2,1-4H3,(H,29,32)(H,30,33);3H,1-2H3. The fourth-order valence-corrected chi connectivity index (χ4v) is 4.78. The number of alkyl halides is 3. The Morgan fingerprint density at radius 3 is 2.22 bits per heavy atom. The van der Waals surface area contributed by atoms with Crippen molar-refractivity contribution in [3.8, 4) is 0 Å². The number of carbonyl (C=O) groups excluding carboxylic acids is 1. The van der Waals surface area contributed by atoms with E-state index in [0.717, 1.165) is 38.2 Å². The van der Waals surface area contributed by atoms with Crippen molar-refractivity contribution in [2.45, 2.75) is 78.6 Å². The SMILES string of the molecule is CCN(c1cc(C(F)(F)F)cc(C(=O)NCc2c(C)cc(C)[nH]c2=O)c1C)C1CCCCC1.CNC. The van der Waals surface area contributed by atoms with Crippen molar-refractivity contribution >= 4 is 11.6 Å². The van der Waals surface area contributed by atoms with Crippen LogP contribution in [0.25, 0.3) is 0 Å². The highest BCUT2D eigenvalue weighted by atomic mass is 19.4. The predicted octanol–water partition coefficient (Wildman–Crippen LogP) is 5.24. The van der Waals surface area contributed by atoms with Crippen LogP contribution in [0.1, 0.15) is 77.3 Å². The van der Waals surface area contributed by atoms with Gasteiger partial charge in [0.25, 0.3) is 11.5 Å². The second-order valence-electron chi connectivity index (χ2n) is 9.37. The van der Waals surface area contributed by atoms with Gasteiger partial charge in [0.2, 0.25) is 0 Å². The van der Waals surface area contributed by atoms with Gasteiger partial charge in [0.15, 0.2) is 0 Å². The molecule has 9 heteroatoms. The lowest BCUT2D eigenvalue weighted by Gasteiger charge is -2.37. The lowest BCUT2D eigenvalue weighted by Crippen LogP contribution is -2.38. The maximum absolute atomic E-state index is 13.8. The molecule has 1 fully saturated rings. The van der Waals surface area contributed by atoms with Gasteiger partial charge in [0.1, 0.15) is 0 Å². The van der Waals surface area contributed by atoms with E-state index < -0.39 is 17.6 Å².